The molecule has 1 aliphatic carbocycles. The van der Waals surface area contributed by atoms with E-state index in [1.165, 1.54) is 31.4 Å². The predicted molar refractivity (Wildman–Crippen MR) is 89.9 cm³/mol. The summed E-state index contributed by atoms with van der Waals surface area (Å²) in [6.07, 6.45) is 5.84. The van der Waals surface area contributed by atoms with Crippen LogP contribution in [0.3, 0.4) is 0 Å². The highest BCUT2D eigenvalue weighted by Gasteiger charge is 2.18. The third kappa shape index (κ3) is 3.32. The Labute approximate surface area is 139 Å². The molecule has 3 rings (SSSR count). The van der Waals surface area contributed by atoms with Crippen LogP contribution in [0.15, 0.2) is 33.5 Å². The molecule has 0 bridgehead atoms. The first-order valence-electron chi connectivity index (χ1n) is 8.21. The zero-order valence-corrected chi connectivity index (χ0v) is 13.3. The van der Waals surface area contributed by atoms with Crippen LogP contribution in [0, 0.1) is 5.92 Å². The van der Waals surface area contributed by atoms with Gasteiger partial charge in [-0.25, -0.2) is 0 Å². The van der Waals surface area contributed by atoms with Crippen molar-refractivity contribution >= 4 is 22.8 Å². The number of nitrogens with one attached hydrogen (secondary N) is 1. The van der Waals surface area contributed by atoms with E-state index in [0.717, 1.165) is 18.9 Å². The number of amides is 2. The highest BCUT2D eigenvalue weighted by atomic mass is 16.3. The molecule has 1 aliphatic rings. The van der Waals surface area contributed by atoms with E-state index in [1.54, 1.807) is 6.07 Å². The monoisotopic (exact) mass is 328 g/mol. The molecule has 2 aromatic rings. The Balaban J connectivity index is 1.86. The van der Waals surface area contributed by atoms with Crippen LogP contribution in [0.1, 0.15) is 53.0 Å². The Morgan fingerprint density at radius 3 is 2.67 bits per heavy atom. The standard InChI is InChI=1S/C18H20N2O4/c19-17(22)13-8-4-7-12-14(21)9-15(24-16(12)13)18(23)20-10-11-5-2-1-3-6-11/h4,7-9,11H,1-3,5-6,10H2,(H2,19,22)(H,20,23). The second kappa shape index (κ2) is 6.86. The van der Waals surface area contributed by atoms with Gasteiger partial charge in [0.05, 0.1) is 10.9 Å². The van der Waals surface area contributed by atoms with Gasteiger partial charge in [-0.05, 0) is 30.9 Å². The van der Waals surface area contributed by atoms with Crippen molar-refractivity contribution < 1.29 is 14.0 Å². The van der Waals surface area contributed by atoms with Crippen molar-refractivity contribution in [1.29, 1.82) is 0 Å². The molecular formula is C18H20N2O4. The summed E-state index contributed by atoms with van der Waals surface area (Å²) in [6.45, 7) is 0.568. The number of carbonyl (C=O) groups excluding carboxylic acids is 2. The topological polar surface area (TPSA) is 102 Å². The van der Waals surface area contributed by atoms with Gasteiger partial charge in [0.2, 0.25) is 0 Å². The minimum absolute atomic E-state index is 0.0558. The van der Waals surface area contributed by atoms with E-state index in [9.17, 15) is 14.4 Å². The van der Waals surface area contributed by atoms with Crippen LogP contribution in [0.2, 0.25) is 0 Å². The molecule has 1 aromatic heterocycles. The maximum Gasteiger partial charge on any atom is 0.287 e. The first-order valence-corrected chi connectivity index (χ1v) is 8.21. The summed E-state index contributed by atoms with van der Waals surface area (Å²) in [7, 11) is 0. The molecule has 1 fully saturated rings. The first-order chi connectivity index (χ1) is 11.6. The summed E-state index contributed by atoms with van der Waals surface area (Å²) in [4.78, 5) is 36.0. The molecule has 1 saturated carbocycles. The van der Waals surface area contributed by atoms with Gasteiger partial charge in [-0.1, -0.05) is 25.3 Å². The van der Waals surface area contributed by atoms with Gasteiger partial charge in [0.15, 0.2) is 16.8 Å². The van der Waals surface area contributed by atoms with Gasteiger partial charge < -0.3 is 15.5 Å². The number of primary amides is 1. The summed E-state index contributed by atoms with van der Waals surface area (Å²) in [5, 5.41) is 3.05. The largest absolute Gasteiger partial charge is 0.450 e. The van der Waals surface area contributed by atoms with E-state index >= 15 is 0 Å². The van der Waals surface area contributed by atoms with Gasteiger partial charge in [0, 0.05) is 12.6 Å². The van der Waals surface area contributed by atoms with Crippen LogP contribution in [0.25, 0.3) is 11.0 Å². The third-order valence-corrected chi connectivity index (χ3v) is 4.52. The van der Waals surface area contributed by atoms with E-state index < -0.39 is 11.8 Å². The van der Waals surface area contributed by atoms with E-state index in [1.807, 2.05) is 0 Å². The predicted octanol–water partition coefficient (Wildman–Crippen LogP) is 2.20. The van der Waals surface area contributed by atoms with Crippen molar-refractivity contribution in [3.63, 3.8) is 0 Å². The first kappa shape index (κ1) is 16.2. The summed E-state index contributed by atoms with van der Waals surface area (Å²) in [5.41, 5.74) is 5.08. The molecule has 2 amide bonds. The van der Waals surface area contributed by atoms with Crippen LogP contribution in [0.4, 0.5) is 0 Å². The number of rotatable bonds is 4. The molecule has 0 aliphatic heterocycles. The van der Waals surface area contributed by atoms with Gasteiger partial charge in [0.25, 0.3) is 11.8 Å². The average molecular weight is 328 g/mol. The van der Waals surface area contributed by atoms with E-state index in [2.05, 4.69) is 5.32 Å². The summed E-state index contributed by atoms with van der Waals surface area (Å²) in [5.74, 6) is -0.782. The van der Waals surface area contributed by atoms with Crippen molar-refractivity contribution in [3.05, 3.63) is 45.8 Å². The molecule has 0 atom stereocenters. The zero-order valence-electron chi connectivity index (χ0n) is 13.3. The number of fused-ring (bicyclic) bond motifs is 1. The molecule has 1 aromatic carbocycles. The van der Waals surface area contributed by atoms with Crippen LogP contribution in [-0.2, 0) is 0 Å². The van der Waals surface area contributed by atoms with Crippen molar-refractivity contribution in [2.24, 2.45) is 11.7 Å². The molecule has 0 unspecified atom stereocenters. The van der Waals surface area contributed by atoms with Gasteiger partial charge in [-0.3, -0.25) is 14.4 Å². The Morgan fingerprint density at radius 2 is 1.96 bits per heavy atom. The van der Waals surface area contributed by atoms with Crippen LogP contribution in [0.5, 0.6) is 0 Å². The number of hydrogen-bond acceptors (Lipinski definition) is 4. The SMILES string of the molecule is NC(=O)c1cccc2c(=O)cc(C(=O)NCC3CCCCC3)oc12. The number of para-hydroxylation sites is 1. The number of nitrogens with two attached hydrogens (primary N) is 1. The molecule has 6 nitrogen and oxygen atoms in total. The number of hydrogen-bond donors (Lipinski definition) is 2. The Kier molecular flexibility index (Phi) is 4.64. The second-order valence-corrected chi connectivity index (χ2v) is 6.24. The lowest BCUT2D eigenvalue weighted by Gasteiger charge is -2.21. The molecule has 24 heavy (non-hydrogen) atoms. The summed E-state index contributed by atoms with van der Waals surface area (Å²) in [6, 6.07) is 5.72. The lowest BCUT2D eigenvalue weighted by molar-refractivity contribution is 0.0914. The molecule has 1 heterocycles. The molecule has 126 valence electrons. The normalized spacial score (nSPS) is 15.3. The van der Waals surface area contributed by atoms with Gasteiger partial charge in [-0.15, -0.1) is 0 Å². The van der Waals surface area contributed by atoms with Crippen LogP contribution < -0.4 is 16.5 Å². The van der Waals surface area contributed by atoms with Gasteiger partial charge in [0.1, 0.15) is 0 Å². The average Bonchev–Trinajstić information content (AvgIpc) is 2.60. The highest BCUT2D eigenvalue weighted by Crippen LogP contribution is 2.23. The molecule has 0 saturated heterocycles. The molecule has 3 N–H and O–H groups in total. The van der Waals surface area contributed by atoms with E-state index in [4.69, 9.17) is 10.2 Å². The fourth-order valence-corrected chi connectivity index (χ4v) is 3.20. The maximum atomic E-state index is 12.3. The fourth-order valence-electron chi connectivity index (χ4n) is 3.20. The van der Waals surface area contributed by atoms with Gasteiger partial charge >= 0.3 is 0 Å². The van der Waals surface area contributed by atoms with Gasteiger partial charge in [-0.2, -0.15) is 0 Å². The van der Waals surface area contributed by atoms with Crippen molar-refractivity contribution in [2.45, 2.75) is 32.1 Å². The van der Waals surface area contributed by atoms with Crippen LogP contribution >= 0.6 is 0 Å². The van der Waals surface area contributed by atoms with E-state index in [-0.39, 0.29) is 27.7 Å². The molecular weight excluding hydrogens is 308 g/mol. The minimum atomic E-state index is -0.705. The summed E-state index contributed by atoms with van der Waals surface area (Å²) < 4.78 is 5.52. The fraction of sp³-hybridized carbons (Fsp3) is 0.389. The number of carbonyl (C=O) groups is 2. The third-order valence-electron chi connectivity index (χ3n) is 4.52. The second-order valence-electron chi connectivity index (χ2n) is 6.24. The minimum Gasteiger partial charge on any atom is -0.450 e. The summed E-state index contributed by atoms with van der Waals surface area (Å²) >= 11 is 0. The Hall–Kier alpha value is -2.63. The number of benzene rings is 1. The van der Waals surface area contributed by atoms with E-state index in [0.29, 0.717) is 12.5 Å². The van der Waals surface area contributed by atoms with Crippen molar-refractivity contribution in [3.8, 4) is 0 Å². The lowest BCUT2D eigenvalue weighted by Crippen LogP contribution is -2.30. The maximum absolute atomic E-state index is 12.3. The van der Waals surface area contributed by atoms with Crippen molar-refractivity contribution in [2.75, 3.05) is 6.54 Å². The lowest BCUT2D eigenvalue weighted by atomic mass is 9.89. The van der Waals surface area contributed by atoms with Crippen LogP contribution in [-0.4, -0.2) is 18.4 Å². The zero-order chi connectivity index (χ0) is 17.1. The smallest absolute Gasteiger partial charge is 0.287 e. The molecule has 0 spiro atoms. The van der Waals surface area contributed by atoms with Crippen molar-refractivity contribution in [1.82, 2.24) is 5.32 Å². The Bertz CT molecular complexity index is 835. The molecule has 6 heteroatoms. The Morgan fingerprint density at radius 1 is 1.21 bits per heavy atom. The highest BCUT2D eigenvalue weighted by molar-refractivity contribution is 6.04. The molecule has 0 radical (unpaired) electrons. The quantitative estimate of drug-likeness (QED) is 0.898.